The normalized spacial score (nSPS) is 31.6. The molecule has 2 N–H and O–H groups in total. The third-order valence-electron chi connectivity index (χ3n) is 6.94. The predicted octanol–water partition coefficient (Wildman–Crippen LogP) is 3.45. The summed E-state index contributed by atoms with van der Waals surface area (Å²) in [5.74, 6) is 3.30. The number of rotatable bonds is 5. The zero-order valence-corrected chi connectivity index (χ0v) is 16.7. The van der Waals surface area contributed by atoms with Crippen LogP contribution in [0.2, 0.25) is 0 Å². The van der Waals surface area contributed by atoms with Crippen molar-refractivity contribution in [2.45, 2.75) is 51.9 Å². The Morgan fingerprint density at radius 3 is 2.41 bits per heavy atom. The molecule has 4 bridgehead atoms. The Bertz CT molecular complexity index is 844. The Hall–Kier alpha value is -2.57. The van der Waals surface area contributed by atoms with Gasteiger partial charge in [0.15, 0.2) is 11.5 Å². The van der Waals surface area contributed by atoms with Gasteiger partial charge in [-0.3, -0.25) is 9.59 Å². The van der Waals surface area contributed by atoms with Gasteiger partial charge in [0.25, 0.3) is 0 Å². The third kappa shape index (κ3) is 3.58. The molecule has 1 aromatic carbocycles. The molecule has 0 spiro atoms. The number of nitrogens with zero attached hydrogens (tertiary/aromatic N) is 1. The summed E-state index contributed by atoms with van der Waals surface area (Å²) < 4.78 is 10.6. The van der Waals surface area contributed by atoms with E-state index in [1.807, 2.05) is 0 Å². The summed E-state index contributed by atoms with van der Waals surface area (Å²) in [4.78, 5) is 25.3. The van der Waals surface area contributed by atoms with Crippen molar-refractivity contribution in [1.82, 2.24) is 5.43 Å². The Balaban J connectivity index is 1.16. The summed E-state index contributed by atoms with van der Waals surface area (Å²) >= 11 is 0. The molecule has 29 heavy (non-hydrogen) atoms. The van der Waals surface area contributed by atoms with Gasteiger partial charge in [-0.05, 0) is 75.3 Å². The number of amides is 2. The average Bonchev–Trinajstić information content (AvgIpc) is 3.12. The van der Waals surface area contributed by atoms with E-state index in [2.05, 4.69) is 15.8 Å². The quantitative estimate of drug-likeness (QED) is 0.588. The fourth-order valence-electron chi connectivity index (χ4n) is 6.10. The summed E-state index contributed by atoms with van der Waals surface area (Å²) in [5.41, 5.74) is 3.77. The van der Waals surface area contributed by atoms with Crippen molar-refractivity contribution in [3.05, 3.63) is 18.2 Å². The second kappa shape index (κ2) is 7.04. The van der Waals surface area contributed by atoms with E-state index in [1.165, 1.54) is 19.3 Å². The van der Waals surface area contributed by atoms with Crippen molar-refractivity contribution in [3.8, 4) is 11.5 Å². The summed E-state index contributed by atoms with van der Waals surface area (Å²) in [5, 5.41) is 7.06. The molecule has 0 aromatic heterocycles. The second-order valence-electron chi connectivity index (χ2n) is 9.28. The Labute approximate surface area is 170 Å². The zero-order valence-electron chi connectivity index (χ0n) is 16.7. The number of nitrogens with one attached hydrogen (secondary N) is 2. The topological polar surface area (TPSA) is 89.0 Å². The smallest absolute Gasteiger partial charge is 0.246 e. The van der Waals surface area contributed by atoms with Gasteiger partial charge in [0, 0.05) is 17.5 Å². The molecule has 154 valence electrons. The number of ether oxygens (including phenoxy) is 2. The highest BCUT2D eigenvalue weighted by Gasteiger charge is 2.54. The minimum Gasteiger partial charge on any atom is -0.454 e. The molecule has 4 saturated carbocycles. The van der Waals surface area contributed by atoms with E-state index >= 15 is 0 Å². The summed E-state index contributed by atoms with van der Waals surface area (Å²) in [6.45, 7) is 1.96. The van der Waals surface area contributed by atoms with Gasteiger partial charge in [-0.25, -0.2) is 5.43 Å². The lowest BCUT2D eigenvalue weighted by molar-refractivity contribution is -0.146. The van der Waals surface area contributed by atoms with E-state index in [-0.39, 0.29) is 30.4 Å². The fourth-order valence-corrected chi connectivity index (χ4v) is 6.10. The van der Waals surface area contributed by atoms with Crippen molar-refractivity contribution in [2.75, 3.05) is 12.1 Å². The van der Waals surface area contributed by atoms with Crippen LogP contribution >= 0.6 is 0 Å². The average molecular weight is 397 g/mol. The van der Waals surface area contributed by atoms with Gasteiger partial charge in [-0.15, -0.1) is 0 Å². The minimum absolute atomic E-state index is 0.0483. The highest BCUT2D eigenvalue weighted by Crippen LogP contribution is 2.60. The number of hydrazone groups is 1. The van der Waals surface area contributed by atoms with E-state index < -0.39 is 0 Å². The molecular formula is C22H27N3O4. The van der Waals surface area contributed by atoms with Crippen molar-refractivity contribution < 1.29 is 19.1 Å². The lowest BCUT2D eigenvalue weighted by Crippen LogP contribution is -2.52. The van der Waals surface area contributed by atoms with E-state index in [1.54, 1.807) is 25.1 Å². The first-order valence-electron chi connectivity index (χ1n) is 10.5. The Kier molecular flexibility index (Phi) is 4.48. The zero-order chi connectivity index (χ0) is 20.0. The Morgan fingerprint density at radius 1 is 1.07 bits per heavy atom. The van der Waals surface area contributed by atoms with E-state index in [4.69, 9.17) is 9.47 Å². The summed E-state index contributed by atoms with van der Waals surface area (Å²) in [6, 6.07) is 5.28. The molecule has 6 rings (SSSR count). The number of hydrogen-bond acceptors (Lipinski definition) is 5. The first-order chi connectivity index (χ1) is 14.0. The number of carbonyl (C=O) groups excluding carboxylic acids is 2. The molecule has 2 amide bonds. The molecule has 5 aliphatic rings. The molecule has 1 aromatic rings. The molecule has 7 heteroatoms. The molecular weight excluding hydrogens is 370 g/mol. The third-order valence-corrected chi connectivity index (χ3v) is 6.94. The molecule has 1 heterocycles. The maximum absolute atomic E-state index is 12.9. The highest BCUT2D eigenvalue weighted by molar-refractivity contribution is 6.05. The van der Waals surface area contributed by atoms with Crippen molar-refractivity contribution in [2.24, 2.45) is 28.3 Å². The van der Waals surface area contributed by atoms with Crippen LogP contribution in [0.4, 0.5) is 5.69 Å². The standard InChI is InChI=1S/C22H27N3O4/c1-13(4-20(26)23-17-2-3-18-19(8-17)29-12-28-18)24-25-21(27)22-9-14-5-15(10-22)7-16(6-14)11-22/h2-3,8,14-16H,4-7,9-12H2,1H3,(H,23,26)(H,25,27). The monoisotopic (exact) mass is 397 g/mol. The largest absolute Gasteiger partial charge is 0.454 e. The molecule has 7 nitrogen and oxygen atoms in total. The molecule has 1 aliphatic heterocycles. The van der Waals surface area contributed by atoms with Gasteiger partial charge < -0.3 is 14.8 Å². The molecule has 0 unspecified atom stereocenters. The second-order valence-corrected chi connectivity index (χ2v) is 9.28. The lowest BCUT2D eigenvalue weighted by Gasteiger charge is -2.55. The maximum atomic E-state index is 12.9. The van der Waals surface area contributed by atoms with Gasteiger partial charge >= 0.3 is 0 Å². The number of carbonyl (C=O) groups is 2. The highest BCUT2D eigenvalue weighted by atomic mass is 16.7. The fraction of sp³-hybridized carbons (Fsp3) is 0.591. The van der Waals surface area contributed by atoms with Crippen LogP contribution < -0.4 is 20.2 Å². The lowest BCUT2D eigenvalue weighted by atomic mass is 9.49. The van der Waals surface area contributed by atoms with Crippen LogP contribution in [0.5, 0.6) is 11.5 Å². The van der Waals surface area contributed by atoms with Gasteiger partial charge in [0.05, 0.1) is 11.8 Å². The predicted molar refractivity (Wildman–Crippen MR) is 108 cm³/mol. The number of fused-ring (bicyclic) bond motifs is 1. The van der Waals surface area contributed by atoms with Crippen LogP contribution in [0.25, 0.3) is 0 Å². The number of hydrogen-bond donors (Lipinski definition) is 2. The first-order valence-corrected chi connectivity index (χ1v) is 10.5. The van der Waals surface area contributed by atoms with Gasteiger partial charge in [0.1, 0.15) is 0 Å². The van der Waals surface area contributed by atoms with Gasteiger partial charge in [-0.1, -0.05) is 0 Å². The van der Waals surface area contributed by atoms with Gasteiger partial charge in [-0.2, -0.15) is 5.10 Å². The molecule has 4 aliphatic carbocycles. The van der Waals surface area contributed by atoms with E-state index in [0.717, 1.165) is 19.3 Å². The van der Waals surface area contributed by atoms with Crippen LogP contribution in [-0.4, -0.2) is 24.3 Å². The van der Waals surface area contributed by atoms with Crippen LogP contribution in [0.15, 0.2) is 23.3 Å². The van der Waals surface area contributed by atoms with Gasteiger partial charge in [0.2, 0.25) is 18.6 Å². The molecule has 0 atom stereocenters. The van der Waals surface area contributed by atoms with E-state index in [0.29, 0.717) is 40.7 Å². The van der Waals surface area contributed by atoms with Crippen LogP contribution in [-0.2, 0) is 9.59 Å². The van der Waals surface area contributed by atoms with Crippen molar-refractivity contribution in [1.29, 1.82) is 0 Å². The van der Waals surface area contributed by atoms with Crippen LogP contribution in [0, 0.1) is 23.2 Å². The maximum Gasteiger partial charge on any atom is 0.246 e. The van der Waals surface area contributed by atoms with E-state index in [9.17, 15) is 9.59 Å². The SMILES string of the molecule is CC(CC(=O)Nc1ccc2c(c1)OCO2)=NNC(=O)C12CC3CC(CC(C3)C1)C2. The van der Waals surface area contributed by atoms with Crippen LogP contribution in [0.3, 0.4) is 0 Å². The molecule has 0 saturated heterocycles. The van der Waals surface area contributed by atoms with Crippen molar-refractivity contribution in [3.63, 3.8) is 0 Å². The summed E-state index contributed by atoms with van der Waals surface area (Å²) in [6.07, 6.45) is 7.03. The molecule has 4 fully saturated rings. The molecule has 0 radical (unpaired) electrons. The Morgan fingerprint density at radius 2 is 1.72 bits per heavy atom. The van der Waals surface area contributed by atoms with Crippen molar-refractivity contribution >= 4 is 23.2 Å². The minimum atomic E-state index is -0.229. The number of anilines is 1. The van der Waals surface area contributed by atoms with Crippen LogP contribution in [0.1, 0.15) is 51.9 Å². The number of benzene rings is 1. The summed E-state index contributed by atoms with van der Waals surface area (Å²) in [7, 11) is 0. The first kappa shape index (κ1) is 18.5.